The molecule has 0 radical (unpaired) electrons. The lowest BCUT2D eigenvalue weighted by atomic mass is 9.67. The highest BCUT2D eigenvalue weighted by Gasteiger charge is 2.48. The van der Waals surface area contributed by atoms with Gasteiger partial charge in [-0.15, -0.1) is 0 Å². The molecule has 1 atom stereocenters. The topological polar surface area (TPSA) is 77.8 Å². The molecule has 1 rings (SSSR count). The maximum atomic E-state index is 11.3. The Morgan fingerprint density at radius 3 is 2.22 bits per heavy atom. The standard InChI is InChI=1S/C13H23NO4/c1-12(2)6-5-7-14(13(12,3)4)9(11(17)18)8-10(15)16/h9H,5-8H2,1-4H3,(H,15,16)(H,17,18). The van der Waals surface area contributed by atoms with Gasteiger partial charge in [-0.05, 0) is 38.6 Å². The average Bonchev–Trinajstić information content (AvgIpc) is 2.18. The van der Waals surface area contributed by atoms with Crippen molar-refractivity contribution < 1.29 is 19.8 Å². The summed E-state index contributed by atoms with van der Waals surface area (Å²) < 4.78 is 0. The molecule has 0 aromatic rings. The molecular weight excluding hydrogens is 234 g/mol. The number of carboxylic acids is 2. The van der Waals surface area contributed by atoms with Crippen molar-refractivity contribution in [2.75, 3.05) is 6.54 Å². The predicted octanol–water partition coefficient (Wildman–Crippen LogP) is 1.81. The first-order valence-corrected chi connectivity index (χ1v) is 6.31. The number of rotatable bonds is 4. The number of aliphatic carboxylic acids is 2. The van der Waals surface area contributed by atoms with Gasteiger partial charge in [0.25, 0.3) is 0 Å². The van der Waals surface area contributed by atoms with Crippen molar-refractivity contribution in [2.45, 2.75) is 58.5 Å². The van der Waals surface area contributed by atoms with Crippen molar-refractivity contribution in [3.8, 4) is 0 Å². The quantitative estimate of drug-likeness (QED) is 0.803. The predicted molar refractivity (Wildman–Crippen MR) is 67.5 cm³/mol. The highest BCUT2D eigenvalue weighted by molar-refractivity contribution is 5.80. The SMILES string of the molecule is CC1(C)CCCN(C(CC(=O)O)C(=O)O)C1(C)C. The number of nitrogens with zero attached hydrogens (tertiary/aromatic N) is 1. The molecule has 2 N–H and O–H groups in total. The third kappa shape index (κ3) is 2.66. The second-order valence-corrected chi connectivity index (χ2v) is 6.19. The molecule has 0 saturated carbocycles. The summed E-state index contributed by atoms with van der Waals surface area (Å²) in [4.78, 5) is 24.0. The zero-order valence-electron chi connectivity index (χ0n) is 11.6. The molecule has 0 aliphatic carbocycles. The van der Waals surface area contributed by atoms with Crippen molar-refractivity contribution in [1.29, 1.82) is 0 Å². The van der Waals surface area contributed by atoms with Crippen LogP contribution in [0.3, 0.4) is 0 Å². The molecule has 1 fully saturated rings. The lowest BCUT2D eigenvalue weighted by Gasteiger charge is -2.55. The van der Waals surface area contributed by atoms with Crippen LogP contribution in [-0.2, 0) is 9.59 Å². The summed E-state index contributed by atoms with van der Waals surface area (Å²) in [6.07, 6.45) is 1.57. The molecule has 1 heterocycles. The van der Waals surface area contributed by atoms with E-state index in [9.17, 15) is 14.7 Å². The summed E-state index contributed by atoms with van der Waals surface area (Å²) in [5.74, 6) is -2.12. The van der Waals surface area contributed by atoms with E-state index < -0.39 is 18.0 Å². The first-order chi connectivity index (χ1) is 8.09. The Hall–Kier alpha value is -1.10. The second-order valence-electron chi connectivity index (χ2n) is 6.19. The Morgan fingerprint density at radius 2 is 1.78 bits per heavy atom. The minimum atomic E-state index is -1.07. The van der Waals surface area contributed by atoms with Crippen molar-refractivity contribution in [2.24, 2.45) is 5.41 Å². The van der Waals surface area contributed by atoms with Gasteiger partial charge < -0.3 is 10.2 Å². The number of carboxylic acid groups (broad SMARTS) is 2. The molecule has 0 aromatic carbocycles. The summed E-state index contributed by atoms with van der Waals surface area (Å²) in [5, 5.41) is 18.1. The van der Waals surface area contributed by atoms with Crippen molar-refractivity contribution in [3.05, 3.63) is 0 Å². The molecule has 5 heteroatoms. The minimum absolute atomic E-state index is 0.0303. The average molecular weight is 257 g/mol. The smallest absolute Gasteiger partial charge is 0.321 e. The van der Waals surface area contributed by atoms with Crippen LogP contribution in [0.15, 0.2) is 0 Å². The Labute approximate surface area is 108 Å². The Balaban J connectivity index is 3.03. The first kappa shape index (κ1) is 15.0. The summed E-state index contributed by atoms with van der Waals surface area (Å²) in [6, 6.07) is -0.947. The fourth-order valence-electron chi connectivity index (χ4n) is 2.71. The minimum Gasteiger partial charge on any atom is -0.481 e. The highest BCUT2D eigenvalue weighted by atomic mass is 16.4. The van der Waals surface area contributed by atoms with Gasteiger partial charge in [-0.25, -0.2) is 0 Å². The van der Waals surface area contributed by atoms with Gasteiger partial charge in [-0.2, -0.15) is 0 Å². The molecule has 0 bridgehead atoms. The van der Waals surface area contributed by atoms with Crippen molar-refractivity contribution in [1.82, 2.24) is 4.90 Å². The number of likely N-dealkylation sites (tertiary alicyclic amines) is 1. The first-order valence-electron chi connectivity index (χ1n) is 6.31. The van der Waals surface area contributed by atoms with E-state index in [1.165, 1.54) is 0 Å². The lowest BCUT2D eigenvalue weighted by molar-refractivity contribution is -0.157. The van der Waals surface area contributed by atoms with E-state index in [1.54, 1.807) is 0 Å². The molecule has 104 valence electrons. The second kappa shape index (κ2) is 4.88. The summed E-state index contributed by atoms with van der Waals surface area (Å²) in [6.45, 7) is 8.87. The lowest BCUT2D eigenvalue weighted by Crippen LogP contribution is -2.62. The van der Waals surface area contributed by atoms with E-state index in [2.05, 4.69) is 13.8 Å². The summed E-state index contributed by atoms with van der Waals surface area (Å²) >= 11 is 0. The monoisotopic (exact) mass is 257 g/mol. The molecule has 0 aromatic heterocycles. The van der Waals surface area contributed by atoms with E-state index >= 15 is 0 Å². The van der Waals surface area contributed by atoms with Crippen LogP contribution in [0.2, 0.25) is 0 Å². The number of hydrogen-bond donors (Lipinski definition) is 2. The van der Waals surface area contributed by atoms with Crippen LogP contribution < -0.4 is 0 Å². The molecule has 5 nitrogen and oxygen atoms in total. The molecule has 1 saturated heterocycles. The van der Waals surface area contributed by atoms with E-state index in [1.807, 2.05) is 18.7 Å². The van der Waals surface area contributed by atoms with Gasteiger partial charge in [0.05, 0.1) is 6.42 Å². The normalized spacial score (nSPS) is 24.4. The van der Waals surface area contributed by atoms with Gasteiger partial charge in [0.1, 0.15) is 6.04 Å². The van der Waals surface area contributed by atoms with Crippen molar-refractivity contribution >= 4 is 11.9 Å². The van der Waals surface area contributed by atoms with Crippen LogP contribution in [0.4, 0.5) is 0 Å². The van der Waals surface area contributed by atoms with Crippen LogP contribution >= 0.6 is 0 Å². The van der Waals surface area contributed by atoms with Gasteiger partial charge in [-0.1, -0.05) is 13.8 Å². The number of hydrogen-bond acceptors (Lipinski definition) is 3. The fourth-order valence-corrected chi connectivity index (χ4v) is 2.71. The maximum absolute atomic E-state index is 11.3. The van der Waals surface area contributed by atoms with Crippen LogP contribution in [0, 0.1) is 5.41 Å². The molecule has 1 aliphatic rings. The van der Waals surface area contributed by atoms with E-state index in [0.717, 1.165) is 12.8 Å². The van der Waals surface area contributed by atoms with Gasteiger partial charge in [0, 0.05) is 5.54 Å². The fraction of sp³-hybridized carbons (Fsp3) is 0.846. The Kier molecular flexibility index (Phi) is 4.05. The van der Waals surface area contributed by atoms with Gasteiger partial charge >= 0.3 is 11.9 Å². The van der Waals surface area contributed by atoms with Crippen LogP contribution in [0.25, 0.3) is 0 Å². The highest BCUT2D eigenvalue weighted by Crippen LogP contribution is 2.44. The van der Waals surface area contributed by atoms with Gasteiger partial charge in [0.15, 0.2) is 0 Å². The molecule has 1 unspecified atom stereocenters. The molecule has 0 amide bonds. The Bertz CT molecular complexity index is 349. The molecule has 0 spiro atoms. The largest absolute Gasteiger partial charge is 0.481 e. The number of carbonyl (C=O) groups is 2. The van der Waals surface area contributed by atoms with E-state index in [4.69, 9.17) is 5.11 Å². The molecule has 1 aliphatic heterocycles. The maximum Gasteiger partial charge on any atom is 0.321 e. The summed E-state index contributed by atoms with van der Waals surface area (Å²) in [7, 11) is 0. The Morgan fingerprint density at radius 1 is 1.22 bits per heavy atom. The van der Waals surface area contributed by atoms with E-state index in [-0.39, 0.29) is 17.4 Å². The zero-order chi connectivity index (χ0) is 14.1. The van der Waals surface area contributed by atoms with Crippen molar-refractivity contribution in [3.63, 3.8) is 0 Å². The van der Waals surface area contributed by atoms with Crippen LogP contribution in [0.1, 0.15) is 47.0 Å². The third-order valence-electron chi connectivity index (χ3n) is 4.60. The van der Waals surface area contributed by atoms with E-state index in [0.29, 0.717) is 6.54 Å². The van der Waals surface area contributed by atoms with Gasteiger partial charge in [0.2, 0.25) is 0 Å². The number of piperidine rings is 1. The zero-order valence-corrected chi connectivity index (χ0v) is 11.6. The molecule has 18 heavy (non-hydrogen) atoms. The summed E-state index contributed by atoms with van der Waals surface area (Å²) in [5.41, 5.74) is -0.360. The van der Waals surface area contributed by atoms with Crippen LogP contribution in [0.5, 0.6) is 0 Å². The third-order valence-corrected chi connectivity index (χ3v) is 4.60. The van der Waals surface area contributed by atoms with Gasteiger partial charge in [-0.3, -0.25) is 14.5 Å². The molecular formula is C13H23NO4. The van der Waals surface area contributed by atoms with Crippen LogP contribution in [-0.4, -0.2) is 45.2 Å².